The topological polar surface area (TPSA) is 138 Å². The molecule has 0 aliphatic heterocycles. The van der Waals surface area contributed by atoms with Crippen molar-refractivity contribution in [2.24, 2.45) is 0 Å². The Morgan fingerprint density at radius 2 is 1.96 bits per heavy atom. The van der Waals surface area contributed by atoms with Gasteiger partial charge < -0.3 is 4.42 Å². The van der Waals surface area contributed by atoms with E-state index in [0.29, 0.717) is 5.69 Å². The zero-order chi connectivity index (χ0) is 19.8. The van der Waals surface area contributed by atoms with E-state index in [0.717, 1.165) is 23.1 Å². The summed E-state index contributed by atoms with van der Waals surface area (Å²) in [6.45, 7) is 0. The van der Waals surface area contributed by atoms with Gasteiger partial charge in [0.15, 0.2) is 5.65 Å². The molecule has 0 saturated heterocycles. The second-order valence-electron chi connectivity index (χ2n) is 5.53. The van der Waals surface area contributed by atoms with Gasteiger partial charge in [-0.1, -0.05) is 0 Å². The normalized spacial score (nSPS) is 10.9. The number of hydrogen-bond donors (Lipinski definition) is 1. The smallest absolute Gasteiger partial charge is 0.395 e. The van der Waals surface area contributed by atoms with Crippen molar-refractivity contribution in [2.45, 2.75) is 0 Å². The predicted molar refractivity (Wildman–Crippen MR) is 92.1 cm³/mol. The minimum atomic E-state index is -0.873. The number of nitro groups is 1. The van der Waals surface area contributed by atoms with Gasteiger partial charge >= 0.3 is 11.8 Å². The van der Waals surface area contributed by atoms with Crippen LogP contribution in [0.2, 0.25) is 0 Å². The Labute approximate surface area is 153 Å². The summed E-state index contributed by atoms with van der Waals surface area (Å²) < 4.78 is 20.0. The summed E-state index contributed by atoms with van der Waals surface area (Å²) in [5.74, 6) is -2.24. The number of furan rings is 1. The Morgan fingerprint density at radius 1 is 1.21 bits per heavy atom. The van der Waals surface area contributed by atoms with Crippen LogP contribution in [0, 0.1) is 15.9 Å². The highest BCUT2D eigenvalue weighted by atomic mass is 19.1. The highest BCUT2D eigenvalue weighted by Crippen LogP contribution is 2.16. The van der Waals surface area contributed by atoms with E-state index in [9.17, 15) is 24.1 Å². The summed E-state index contributed by atoms with van der Waals surface area (Å²) in [5, 5.41) is 14.8. The van der Waals surface area contributed by atoms with E-state index in [-0.39, 0.29) is 16.8 Å². The molecule has 0 aliphatic rings. The minimum absolute atomic E-state index is 0.0950. The molecule has 0 atom stereocenters. The third-order valence-corrected chi connectivity index (χ3v) is 3.78. The first-order valence-electron chi connectivity index (χ1n) is 7.71. The van der Waals surface area contributed by atoms with E-state index in [4.69, 9.17) is 4.42 Å². The Balaban J connectivity index is 1.66. The molecule has 28 heavy (non-hydrogen) atoms. The zero-order valence-electron chi connectivity index (χ0n) is 13.8. The van der Waals surface area contributed by atoms with Crippen LogP contribution in [0.5, 0.6) is 0 Å². The first-order chi connectivity index (χ1) is 13.4. The van der Waals surface area contributed by atoms with E-state index in [1.54, 1.807) is 0 Å². The Kier molecular flexibility index (Phi) is 3.92. The molecule has 4 aromatic rings. The van der Waals surface area contributed by atoms with Crippen molar-refractivity contribution in [3.05, 3.63) is 81.0 Å². The molecule has 0 spiro atoms. The molecule has 0 aliphatic carbocycles. The number of halogens is 1. The summed E-state index contributed by atoms with van der Waals surface area (Å²) in [4.78, 5) is 38.6. The fraction of sp³-hybridized carbons (Fsp3) is 0. The van der Waals surface area contributed by atoms with E-state index >= 15 is 0 Å². The highest BCUT2D eigenvalue weighted by molar-refractivity contribution is 5.97. The first-order valence-corrected chi connectivity index (χ1v) is 7.71. The molecule has 12 heteroatoms. The van der Waals surface area contributed by atoms with Gasteiger partial charge in [-0.3, -0.25) is 25.1 Å². The SMILES string of the molecule is O=C(Nn1cnc2c(cnn2-c2ccc(F)cc2)c1=O)c1ccc([N+](=O)[O-])o1. The van der Waals surface area contributed by atoms with Crippen LogP contribution < -0.4 is 11.0 Å². The summed E-state index contributed by atoms with van der Waals surface area (Å²) >= 11 is 0. The molecular formula is C16H9FN6O5. The highest BCUT2D eigenvalue weighted by Gasteiger charge is 2.19. The number of nitrogens with zero attached hydrogens (tertiary/aromatic N) is 5. The van der Waals surface area contributed by atoms with Gasteiger partial charge in [0.25, 0.3) is 5.56 Å². The van der Waals surface area contributed by atoms with Gasteiger partial charge in [0.05, 0.1) is 18.0 Å². The van der Waals surface area contributed by atoms with Gasteiger partial charge in [-0.25, -0.2) is 18.7 Å². The molecule has 4 rings (SSSR count). The molecule has 0 radical (unpaired) electrons. The third kappa shape index (κ3) is 2.88. The number of fused-ring (bicyclic) bond motifs is 1. The second-order valence-corrected chi connectivity index (χ2v) is 5.53. The number of amides is 1. The van der Waals surface area contributed by atoms with Crippen LogP contribution in [0.15, 0.2) is 58.1 Å². The molecule has 3 aromatic heterocycles. The second kappa shape index (κ2) is 6.42. The molecule has 140 valence electrons. The van der Waals surface area contributed by atoms with E-state index in [1.165, 1.54) is 35.1 Å². The molecule has 0 saturated carbocycles. The van der Waals surface area contributed by atoms with Crippen molar-refractivity contribution in [1.82, 2.24) is 19.4 Å². The lowest BCUT2D eigenvalue weighted by Gasteiger charge is -2.06. The summed E-state index contributed by atoms with van der Waals surface area (Å²) in [5.41, 5.74) is 2.29. The molecule has 3 heterocycles. The molecular weight excluding hydrogens is 375 g/mol. The average molecular weight is 384 g/mol. The minimum Gasteiger partial charge on any atom is -0.395 e. The van der Waals surface area contributed by atoms with Gasteiger partial charge in [-0.15, -0.1) is 0 Å². The maximum absolute atomic E-state index is 13.1. The van der Waals surface area contributed by atoms with Crippen LogP contribution in [-0.4, -0.2) is 30.3 Å². The maximum atomic E-state index is 13.1. The van der Waals surface area contributed by atoms with E-state index in [2.05, 4.69) is 15.5 Å². The van der Waals surface area contributed by atoms with E-state index in [1.807, 2.05) is 0 Å². The number of nitrogens with one attached hydrogen (secondary N) is 1. The predicted octanol–water partition coefficient (Wildman–Crippen LogP) is 1.61. The Morgan fingerprint density at radius 3 is 2.64 bits per heavy atom. The van der Waals surface area contributed by atoms with Crippen molar-refractivity contribution in [2.75, 3.05) is 5.43 Å². The summed E-state index contributed by atoms with van der Waals surface area (Å²) in [6.07, 6.45) is 2.32. The van der Waals surface area contributed by atoms with Gasteiger partial charge in [0.1, 0.15) is 22.5 Å². The fourth-order valence-corrected chi connectivity index (χ4v) is 2.47. The fourth-order valence-electron chi connectivity index (χ4n) is 2.47. The quantitative estimate of drug-likeness (QED) is 0.416. The van der Waals surface area contributed by atoms with Gasteiger partial charge in [0, 0.05) is 0 Å². The van der Waals surface area contributed by atoms with Crippen LogP contribution in [0.25, 0.3) is 16.7 Å². The van der Waals surface area contributed by atoms with Crippen molar-refractivity contribution in [3.8, 4) is 5.69 Å². The van der Waals surface area contributed by atoms with Crippen LogP contribution in [0.3, 0.4) is 0 Å². The lowest BCUT2D eigenvalue weighted by atomic mass is 10.3. The van der Waals surface area contributed by atoms with Gasteiger partial charge in [-0.05, 0) is 30.3 Å². The van der Waals surface area contributed by atoms with E-state index < -0.39 is 28.1 Å². The van der Waals surface area contributed by atoms with Gasteiger partial charge in [0.2, 0.25) is 5.76 Å². The summed E-state index contributed by atoms with van der Waals surface area (Å²) in [7, 11) is 0. The van der Waals surface area contributed by atoms with Crippen LogP contribution in [0.4, 0.5) is 10.3 Å². The number of carbonyl (C=O) groups is 1. The van der Waals surface area contributed by atoms with Crippen LogP contribution >= 0.6 is 0 Å². The Bertz CT molecular complexity index is 1270. The first kappa shape index (κ1) is 17.1. The number of rotatable bonds is 4. The van der Waals surface area contributed by atoms with Crippen molar-refractivity contribution >= 4 is 22.8 Å². The van der Waals surface area contributed by atoms with Gasteiger partial charge in [-0.2, -0.15) is 5.10 Å². The molecule has 0 bridgehead atoms. The summed E-state index contributed by atoms with van der Waals surface area (Å²) in [6, 6.07) is 7.56. The van der Waals surface area contributed by atoms with Crippen molar-refractivity contribution in [3.63, 3.8) is 0 Å². The zero-order valence-corrected chi connectivity index (χ0v) is 13.8. The Hall–Kier alpha value is -4.35. The third-order valence-electron chi connectivity index (χ3n) is 3.78. The van der Waals surface area contributed by atoms with Crippen LogP contribution in [-0.2, 0) is 0 Å². The molecule has 1 amide bonds. The number of carbonyl (C=O) groups excluding carboxylic acids is 1. The number of hydrogen-bond acceptors (Lipinski definition) is 7. The van der Waals surface area contributed by atoms with Crippen molar-refractivity contribution in [1.29, 1.82) is 0 Å². The lowest BCUT2D eigenvalue weighted by molar-refractivity contribution is -0.402. The molecule has 1 aromatic carbocycles. The number of benzene rings is 1. The van der Waals surface area contributed by atoms with Crippen molar-refractivity contribution < 1.29 is 18.5 Å². The molecule has 0 unspecified atom stereocenters. The average Bonchev–Trinajstić information content (AvgIpc) is 3.32. The monoisotopic (exact) mass is 384 g/mol. The number of aromatic nitrogens is 4. The maximum Gasteiger partial charge on any atom is 0.433 e. The standard InChI is InChI=1S/C16H9FN6O5/c17-9-1-3-10(4-2-9)22-14-11(7-19-22)16(25)21(8-18-14)20-15(24)12-5-6-13(28-12)23(26)27/h1-8H,(H,20,24). The molecule has 1 N–H and O–H groups in total. The largest absolute Gasteiger partial charge is 0.433 e. The van der Waals surface area contributed by atoms with Crippen LogP contribution in [0.1, 0.15) is 10.6 Å². The lowest BCUT2D eigenvalue weighted by Crippen LogP contribution is -2.33. The molecule has 11 nitrogen and oxygen atoms in total. The molecule has 0 fully saturated rings.